The Labute approximate surface area is 112 Å². The van der Waals surface area contributed by atoms with Crippen molar-refractivity contribution in [1.82, 2.24) is 5.32 Å². The molecule has 0 saturated carbocycles. The third-order valence-electron chi connectivity index (χ3n) is 2.70. The standard InChI is InChI=1S/C13H19ClN2O2/c1-8(2)11(17)7-15-13(18)16-12-9(3)5-4-6-10(12)14/h4-6,8,11,17H,7H2,1-3H3,(H2,15,16,18)/t11-/m0/s1. The van der Waals surface area contributed by atoms with Crippen molar-refractivity contribution in [2.24, 2.45) is 5.92 Å². The molecule has 1 atom stereocenters. The van der Waals surface area contributed by atoms with Gasteiger partial charge in [-0.05, 0) is 24.5 Å². The Morgan fingerprint density at radius 2 is 2.11 bits per heavy atom. The molecule has 0 aromatic heterocycles. The summed E-state index contributed by atoms with van der Waals surface area (Å²) in [5, 5.41) is 15.4. The fourth-order valence-corrected chi connectivity index (χ4v) is 1.65. The number of urea groups is 1. The molecule has 0 bridgehead atoms. The number of hydrogen-bond acceptors (Lipinski definition) is 2. The summed E-state index contributed by atoms with van der Waals surface area (Å²) in [6.45, 7) is 5.86. The highest BCUT2D eigenvalue weighted by Crippen LogP contribution is 2.24. The van der Waals surface area contributed by atoms with E-state index in [1.165, 1.54) is 0 Å². The number of rotatable bonds is 4. The second-order valence-electron chi connectivity index (χ2n) is 4.58. The van der Waals surface area contributed by atoms with Gasteiger partial charge in [0.05, 0.1) is 16.8 Å². The molecule has 0 saturated heterocycles. The number of amides is 2. The number of halogens is 1. The molecule has 1 rings (SSSR count). The number of para-hydroxylation sites is 1. The van der Waals surface area contributed by atoms with Gasteiger partial charge in [-0.1, -0.05) is 37.6 Å². The Balaban J connectivity index is 2.55. The quantitative estimate of drug-likeness (QED) is 0.788. The maximum Gasteiger partial charge on any atom is 0.319 e. The molecule has 1 aromatic carbocycles. The molecular weight excluding hydrogens is 252 g/mol. The maximum atomic E-state index is 11.7. The minimum absolute atomic E-state index is 0.104. The number of nitrogens with one attached hydrogen (secondary N) is 2. The Morgan fingerprint density at radius 1 is 1.44 bits per heavy atom. The average Bonchev–Trinajstić information content (AvgIpc) is 2.30. The van der Waals surface area contributed by atoms with E-state index in [4.69, 9.17) is 11.6 Å². The van der Waals surface area contributed by atoms with Crippen LogP contribution >= 0.6 is 11.6 Å². The van der Waals surface area contributed by atoms with Crippen molar-refractivity contribution in [3.63, 3.8) is 0 Å². The molecule has 0 aliphatic heterocycles. The van der Waals surface area contributed by atoms with Gasteiger partial charge in [-0.25, -0.2) is 4.79 Å². The van der Waals surface area contributed by atoms with E-state index < -0.39 is 6.10 Å². The summed E-state index contributed by atoms with van der Waals surface area (Å²) in [7, 11) is 0. The topological polar surface area (TPSA) is 61.4 Å². The average molecular weight is 271 g/mol. The summed E-state index contributed by atoms with van der Waals surface area (Å²) in [6.07, 6.45) is -0.553. The molecule has 4 nitrogen and oxygen atoms in total. The zero-order valence-corrected chi connectivity index (χ0v) is 11.6. The lowest BCUT2D eigenvalue weighted by molar-refractivity contribution is 0.126. The molecule has 0 fully saturated rings. The fraction of sp³-hybridized carbons (Fsp3) is 0.462. The lowest BCUT2D eigenvalue weighted by Crippen LogP contribution is -2.37. The van der Waals surface area contributed by atoms with Crippen LogP contribution in [0.1, 0.15) is 19.4 Å². The summed E-state index contributed by atoms with van der Waals surface area (Å²) in [4.78, 5) is 11.7. The number of benzene rings is 1. The van der Waals surface area contributed by atoms with Crippen LogP contribution in [0.5, 0.6) is 0 Å². The summed E-state index contributed by atoms with van der Waals surface area (Å²) >= 11 is 5.99. The van der Waals surface area contributed by atoms with Crippen LogP contribution in [0.4, 0.5) is 10.5 Å². The van der Waals surface area contributed by atoms with Gasteiger partial charge in [0.2, 0.25) is 0 Å². The van der Waals surface area contributed by atoms with Crippen LogP contribution in [-0.4, -0.2) is 23.8 Å². The SMILES string of the molecule is Cc1cccc(Cl)c1NC(=O)NC[C@H](O)C(C)C. The van der Waals surface area contributed by atoms with Gasteiger partial charge in [0.25, 0.3) is 0 Å². The number of carbonyl (C=O) groups excluding carboxylic acids is 1. The molecule has 18 heavy (non-hydrogen) atoms. The minimum atomic E-state index is -0.553. The summed E-state index contributed by atoms with van der Waals surface area (Å²) in [6, 6.07) is 5.03. The number of aryl methyl sites for hydroxylation is 1. The molecule has 0 heterocycles. The first-order valence-corrected chi connectivity index (χ1v) is 6.27. The van der Waals surface area contributed by atoms with Gasteiger partial charge >= 0.3 is 6.03 Å². The van der Waals surface area contributed by atoms with Crippen LogP contribution in [-0.2, 0) is 0 Å². The molecule has 2 amide bonds. The van der Waals surface area contributed by atoms with Crippen molar-refractivity contribution in [2.45, 2.75) is 26.9 Å². The normalized spacial score (nSPS) is 12.3. The lowest BCUT2D eigenvalue weighted by Gasteiger charge is -2.16. The molecule has 3 N–H and O–H groups in total. The van der Waals surface area contributed by atoms with Crippen molar-refractivity contribution in [2.75, 3.05) is 11.9 Å². The fourth-order valence-electron chi connectivity index (χ4n) is 1.38. The van der Waals surface area contributed by atoms with Crippen LogP contribution < -0.4 is 10.6 Å². The van der Waals surface area contributed by atoms with Crippen LogP contribution in [0.25, 0.3) is 0 Å². The summed E-state index contributed by atoms with van der Waals surface area (Å²) in [5.74, 6) is 0.104. The Morgan fingerprint density at radius 3 is 2.67 bits per heavy atom. The van der Waals surface area contributed by atoms with Crippen molar-refractivity contribution < 1.29 is 9.90 Å². The number of aliphatic hydroxyl groups excluding tert-OH is 1. The van der Waals surface area contributed by atoms with Gasteiger partial charge in [-0.3, -0.25) is 0 Å². The van der Waals surface area contributed by atoms with E-state index in [0.717, 1.165) is 5.56 Å². The Bertz CT molecular complexity index is 401. The van der Waals surface area contributed by atoms with E-state index >= 15 is 0 Å². The number of aliphatic hydroxyl groups is 1. The zero-order valence-electron chi connectivity index (χ0n) is 10.8. The maximum absolute atomic E-state index is 11.7. The minimum Gasteiger partial charge on any atom is -0.391 e. The molecule has 0 unspecified atom stereocenters. The van der Waals surface area contributed by atoms with Crippen molar-refractivity contribution in [1.29, 1.82) is 0 Å². The summed E-state index contributed by atoms with van der Waals surface area (Å²) < 4.78 is 0. The molecule has 0 radical (unpaired) electrons. The first-order chi connectivity index (χ1) is 8.41. The number of anilines is 1. The molecule has 5 heteroatoms. The molecule has 1 aromatic rings. The third-order valence-corrected chi connectivity index (χ3v) is 3.02. The Kier molecular flexibility index (Phi) is 5.44. The zero-order chi connectivity index (χ0) is 13.7. The smallest absolute Gasteiger partial charge is 0.319 e. The van der Waals surface area contributed by atoms with Crippen LogP contribution in [0, 0.1) is 12.8 Å². The number of carbonyl (C=O) groups is 1. The van der Waals surface area contributed by atoms with Crippen molar-refractivity contribution in [3.05, 3.63) is 28.8 Å². The number of hydrogen-bond donors (Lipinski definition) is 3. The van der Waals surface area contributed by atoms with Crippen LogP contribution in [0.15, 0.2) is 18.2 Å². The van der Waals surface area contributed by atoms with Crippen molar-refractivity contribution >= 4 is 23.3 Å². The highest BCUT2D eigenvalue weighted by atomic mass is 35.5. The second-order valence-corrected chi connectivity index (χ2v) is 4.99. The van der Waals surface area contributed by atoms with Crippen molar-refractivity contribution in [3.8, 4) is 0 Å². The highest BCUT2D eigenvalue weighted by Gasteiger charge is 2.12. The van der Waals surface area contributed by atoms with E-state index in [1.54, 1.807) is 6.07 Å². The van der Waals surface area contributed by atoms with E-state index in [0.29, 0.717) is 10.7 Å². The predicted molar refractivity (Wildman–Crippen MR) is 74.1 cm³/mol. The molecular formula is C13H19ClN2O2. The monoisotopic (exact) mass is 270 g/mol. The largest absolute Gasteiger partial charge is 0.391 e. The van der Waals surface area contributed by atoms with Crippen LogP contribution in [0.2, 0.25) is 5.02 Å². The molecule has 100 valence electrons. The van der Waals surface area contributed by atoms with Gasteiger partial charge in [0.15, 0.2) is 0 Å². The second kappa shape index (κ2) is 6.61. The highest BCUT2D eigenvalue weighted by molar-refractivity contribution is 6.33. The van der Waals surface area contributed by atoms with E-state index in [9.17, 15) is 9.90 Å². The van der Waals surface area contributed by atoms with E-state index in [2.05, 4.69) is 10.6 Å². The molecule has 0 aliphatic carbocycles. The predicted octanol–water partition coefficient (Wildman–Crippen LogP) is 2.79. The van der Waals surface area contributed by atoms with Crippen LogP contribution in [0.3, 0.4) is 0 Å². The third kappa shape index (κ3) is 4.20. The first kappa shape index (κ1) is 14.8. The van der Waals surface area contributed by atoms with Gasteiger partial charge in [0, 0.05) is 6.54 Å². The summed E-state index contributed by atoms with van der Waals surface area (Å²) in [5.41, 5.74) is 1.48. The van der Waals surface area contributed by atoms with Gasteiger partial charge in [-0.15, -0.1) is 0 Å². The van der Waals surface area contributed by atoms with E-state index in [1.807, 2.05) is 32.9 Å². The van der Waals surface area contributed by atoms with E-state index in [-0.39, 0.29) is 18.5 Å². The lowest BCUT2D eigenvalue weighted by atomic mass is 10.1. The first-order valence-electron chi connectivity index (χ1n) is 5.90. The van der Waals surface area contributed by atoms with Gasteiger partial charge in [0.1, 0.15) is 0 Å². The Hall–Kier alpha value is -1.26. The molecule has 0 aliphatic rings. The molecule has 0 spiro atoms. The van der Waals surface area contributed by atoms with Gasteiger partial charge < -0.3 is 15.7 Å². The van der Waals surface area contributed by atoms with Gasteiger partial charge in [-0.2, -0.15) is 0 Å².